The molecule has 5 nitrogen and oxygen atoms in total. The number of hydrogen-bond acceptors (Lipinski definition) is 5. The van der Waals surface area contributed by atoms with Crippen LogP contribution in [0.1, 0.15) is 12.5 Å². The third kappa shape index (κ3) is 3.05. The van der Waals surface area contributed by atoms with Crippen molar-refractivity contribution < 1.29 is 18.7 Å². The number of nitrogens with zero attached hydrogens (tertiary/aromatic N) is 1. The lowest BCUT2D eigenvalue weighted by molar-refractivity contribution is -0.132. The summed E-state index contributed by atoms with van der Waals surface area (Å²) in [6.45, 7) is 1.88. The van der Waals surface area contributed by atoms with Crippen molar-refractivity contribution in [3.05, 3.63) is 58.2 Å². The van der Waals surface area contributed by atoms with Gasteiger partial charge in [0.25, 0.3) is 0 Å². The van der Waals surface area contributed by atoms with E-state index in [0.29, 0.717) is 5.70 Å². The number of halogens is 2. The van der Waals surface area contributed by atoms with Gasteiger partial charge in [-0.15, -0.1) is 0 Å². The maximum absolute atomic E-state index is 14.8. The van der Waals surface area contributed by atoms with E-state index >= 15 is 0 Å². The lowest BCUT2D eigenvalue weighted by atomic mass is 9.93. The number of ether oxygens (including phenoxy) is 2. The summed E-state index contributed by atoms with van der Waals surface area (Å²) in [5.74, 6) is -1.62. The van der Waals surface area contributed by atoms with Crippen molar-refractivity contribution in [3.63, 3.8) is 0 Å². The van der Waals surface area contributed by atoms with E-state index in [1.165, 1.54) is 26.4 Å². The van der Waals surface area contributed by atoms with Crippen molar-refractivity contribution >= 4 is 29.0 Å². The summed E-state index contributed by atoms with van der Waals surface area (Å²) >= 11 is 5.96. The van der Waals surface area contributed by atoms with Crippen LogP contribution in [0.4, 0.5) is 4.39 Å². The molecule has 1 atom stereocenters. The second-order valence-electron chi connectivity index (χ2n) is 5.59. The van der Waals surface area contributed by atoms with Crippen LogP contribution < -0.4 is 10.1 Å². The normalized spacial score (nSPS) is 18.8. The molecule has 2 heterocycles. The summed E-state index contributed by atoms with van der Waals surface area (Å²) in [4.78, 5) is 16.6. The minimum Gasteiger partial charge on any atom is -0.492 e. The maximum Gasteiger partial charge on any atom is 0.353 e. The van der Waals surface area contributed by atoms with Gasteiger partial charge in [-0.25, -0.2) is 14.2 Å². The van der Waals surface area contributed by atoms with E-state index in [1.54, 1.807) is 12.3 Å². The van der Waals surface area contributed by atoms with E-state index in [0.717, 1.165) is 5.57 Å². The summed E-state index contributed by atoms with van der Waals surface area (Å²) in [5.41, 5.74) is 2.25. The van der Waals surface area contributed by atoms with E-state index in [9.17, 15) is 9.18 Å². The largest absolute Gasteiger partial charge is 0.492 e. The third-order valence-electron chi connectivity index (χ3n) is 4.05. The van der Waals surface area contributed by atoms with Gasteiger partial charge in [0, 0.05) is 17.5 Å². The number of benzene rings is 1. The van der Waals surface area contributed by atoms with Crippen LogP contribution in [0.15, 0.2) is 46.7 Å². The molecule has 0 aliphatic carbocycles. The SMILES string of the molecule is COC(=O)C1=NC(c2ccc(Cl)c(OC)c2F)=CC2=CC1C(C)=CN2. The molecule has 130 valence electrons. The fourth-order valence-electron chi connectivity index (χ4n) is 2.74. The number of nitrogens with one attached hydrogen (secondary N) is 1. The van der Waals surface area contributed by atoms with Crippen LogP contribution in [0.25, 0.3) is 5.70 Å². The predicted octanol–water partition coefficient (Wildman–Crippen LogP) is 3.46. The number of carbonyl (C=O) groups is 1. The number of methoxy groups -OCH3 is 2. The number of dihydropyridines is 1. The summed E-state index contributed by atoms with van der Waals surface area (Å²) in [6.07, 6.45) is 5.30. The second-order valence-corrected chi connectivity index (χ2v) is 6.00. The Balaban J connectivity index is 2.18. The molecule has 0 fully saturated rings. The molecule has 2 aliphatic heterocycles. The fraction of sp³-hybridized carbons (Fsp3) is 0.222. The zero-order valence-corrected chi connectivity index (χ0v) is 14.6. The number of aliphatic imine (C=N–C) groups is 1. The minimum atomic E-state index is -0.643. The van der Waals surface area contributed by atoms with Gasteiger partial charge in [-0.1, -0.05) is 11.6 Å². The van der Waals surface area contributed by atoms with Crippen molar-refractivity contribution in [1.82, 2.24) is 5.32 Å². The van der Waals surface area contributed by atoms with Gasteiger partial charge in [0.05, 0.1) is 30.9 Å². The highest BCUT2D eigenvalue weighted by Crippen LogP contribution is 2.35. The Kier molecular flexibility index (Phi) is 4.63. The van der Waals surface area contributed by atoms with Gasteiger partial charge in [0.15, 0.2) is 11.6 Å². The number of carbonyl (C=O) groups excluding carboxylic acids is 1. The van der Waals surface area contributed by atoms with Crippen LogP contribution in [0.2, 0.25) is 5.02 Å². The van der Waals surface area contributed by atoms with Gasteiger partial charge in [0.1, 0.15) is 5.71 Å². The molecule has 0 radical (unpaired) electrons. The van der Waals surface area contributed by atoms with Crippen LogP contribution >= 0.6 is 11.6 Å². The van der Waals surface area contributed by atoms with Crippen LogP contribution in [-0.4, -0.2) is 25.9 Å². The van der Waals surface area contributed by atoms with Gasteiger partial charge in [-0.3, -0.25) is 0 Å². The first-order chi connectivity index (χ1) is 12.0. The van der Waals surface area contributed by atoms with E-state index in [2.05, 4.69) is 10.3 Å². The average molecular weight is 363 g/mol. The average Bonchev–Trinajstić information content (AvgIpc) is 2.76. The molecule has 1 N–H and O–H groups in total. The molecular weight excluding hydrogens is 347 g/mol. The minimum absolute atomic E-state index is 0.0710. The second kappa shape index (κ2) is 6.72. The Bertz CT molecular complexity index is 871. The molecule has 2 bridgehead atoms. The Morgan fingerprint density at radius 2 is 2.12 bits per heavy atom. The molecule has 1 aromatic rings. The quantitative estimate of drug-likeness (QED) is 0.836. The van der Waals surface area contributed by atoms with Crippen LogP contribution in [0.3, 0.4) is 0 Å². The molecule has 0 saturated heterocycles. The van der Waals surface area contributed by atoms with E-state index in [4.69, 9.17) is 21.1 Å². The van der Waals surface area contributed by atoms with Crippen molar-refractivity contribution in [2.45, 2.75) is 6.92 Å². The topological polar surface area (TPSA) is 59.9 Å². The van der Waals surface area contributed by atoms with Crippen molar-refractivity contribution in [2.75, 3.05) is 14.2 Å². The number of esters is 1. The first-order valence-electron chi connectivity index (χ1n) is 7.52. The highest BCUT2D eigenvalue weighted by atomic mass is 35.5. The summed E-state index contributed by atoms with van der Waals surface area (Å²) < 4.78 is 24.7. The van der Waals surface area contributed by atoms with E-state index < -0.39 is 11.8 Å². The highest BCUT2D eigenvalue weighted by molar-refractivity contribution is 6.39. The van der Waals surface area contributed by atoms with E-state index in [-0.39, 0.29) is 33.7 Å². The standard InChI is InChI=1S/C18H16ClFN2O3/c1-9-8-21-10-6-12(9)16(18(23)25-3)22-14(7-10)11-4-5-13(19)17(24-2)15(11)20/h4-8,12,21H,1-3H3. The molecule has 7 heteroatoms. The summed E-state index contributed by atoms with van der Waals surface area (Å²) in [6, 6.07) is 3.02. The maximum atomic E-state index is 14.8. The van der Waals surface area contributed by atoms with Crippen LogP contribution in [0.5, 0.6) is 5.75 Å². The lowest BCUT2D eigenvalue weighted by Crippen LogP contribution is -2.27. The molecule has 25 heavy (non-hydrogen) atoms. The van der Waals surface area contributed by atoms with Gasteiger partial charge < -0.3 is 14.8 Å². The fourth-order valence-corrected chi connectivity index (χ4v) is 2.97. The zero-order chi connectivity index (χ0) is 18.1. The molecule has 1 aromatic carbocycles. The number of fused-ring (bicyclic) bond motifs is 1. The zero-order valence-electron chi connectivity index (χ0n) is 13.9. The molecular formula is C18H16ClFN2O3. The first kappa shape index (κ1) is 17.2. The smallest absolute Gasteiger partial charge is 0.353 e. The molecule has 3 rings (SSSR count). The summed E-state index contributed by atoms with van der Waals surface area (Å²) in [7, 11) is 2.62. The van der Waals surface area contributed by atoms with Crippen molar-refractivity contribution in [1.29, 1.82) is 0 Å². The first-order valence-corrected chi connectivity index (χ1v) is 7.90. The van der Waals surface area contributed by atoms with Gasteiger partial charge in [-0.2, -0.15) is 0 Å². The molecule has 1 unspecified atom stereocenters. The molecule has 0 aromatic heterocycles. The Labute approximate surface area is 149 Å². The Morgan fingerprint density at radius 3 is 2.80 bits per heavy atom. The van der Waals surface area contributed by atoms with E-state index in [1.807, 2.05) is 13.0 Å². The van der Waals surface area contributed by atoms with Crippen molar-refractivity contribution in [3.8, 4) is 5.75 Å². The van der Waals surface area contributed by atoms with Crippen molar-refractivity contribution in [2.24, 2.45) is 10.9 Å². The number of rotatable bonds is 3. The number of hydrogen-bond donors (Lipinski definition) is 1. The monoisotopic (exact) mass is 362 g/mol. The van der Waals surface area contributed by atoms with Gasteiger partial charge >= 0.3 is 5.97 Å². The molecule has 2 aliphatic rings. The Hall–Kier alpha value is -2.60. The summed E-state index contributed by atoms with van der Waals surface area (Å²) in [5, 5.41) is 3.25. The lowest BCUT2D eigenvalue weighted by Gasteiger charge is -2.19. The highest BCUT2D eigenvalue weighted by Gasteiger charge is 2.29. The van der Waals surface area contributed by atoms with Gasteiger partial charge in [0.2, 0.25) is 0 Å². The number of allylic oxidation sites excluding steroid dienone is 3. The molecule has 0 saturated carbocycles. The van der Waals surface area contributed by atoms with Crippen LogP contribution in [0, 0.1) is 11.7 Å². The van der Waals surface area contributed by atoms with Gasteiger partial charge in [-0.05, 0) is 36.8 Å². The predicted molar refractivity (Wildman–Crippen MR) is 93.9 cm³/mol. The van der Waals surface area contributed by atoms with Crippen LogP contribution in [-0.2, 0) is 9.53 Å². The molecule has 0 spiro atoms. The third-order valence-corrected chi connectivity index (χ3v) is 4.35. The Morgan fingerprint density at radius 1 is 1.36 bits per heavy atom. The molecule has 0 amide bonds.